The summed E-state index contributed by atoms with van der Waals surface area (Å²) < 4.78 is 67.8. The first-order valence-electron chi connectivity index (χ1n) is 10.1. The van der Waals surface area contributed by atoms with Crippen molar-refractivity contribution in [1.82, 2.24) is 10.2 Å². The average molecular weight is 473 g/mol. The number of para-hydroxylation sites is 1. The molecule has 2 amide bonds. The van der Waals surface area contributed by atoms with Crippen molar-refractivity contribution in [2.75, 3.05) is 31.5 Å². The van der Waals surface area contributed by atoms with E-state index in [4.69, 9.17) is 0 Å². The van der Waals surface area contributed by atoms with E-state index in [1.807, 2.05) is 0 Å². The van der Waals surface area contributed by atoms with Gasteiger partial charge >= 0.3 is 12.8 Å². The second-order valence-electron chi connectivity index (χ2n) is 7.02. The molecule has 2 rings (SSSR count). The number of hydrogen-bond acceptors (Lipinski definition) is 4. The summed E-state index contributed by atoms with van der Waals surface area (Å²) in [4.78, 5) is 25.9. The number of halogens is 5. The number of rotatable bonds is 11. The minimum Gasteiger partial charge on any atom is -0.435 e. The molecule has 0 heterocycles. The van der Waals surface area contributed by atoms with Crippen LogP contribution in [-0.4, -0.2) is 49.5 Å². The van der Waals surface area contributed by atoms with Crippen molar-refractivity contribution in [3.8, 4) is 5.75 Å². The van der Waals surface area contributed by atoms with Crippen molar-refractivity contribution < 1.29 is 36.3 Å². The first-order valence-corrected chi connectivity index (χ1v) is 10.1. The van der Waals surface area contributed by atoms with Crippen LogP contribution in [0.25, 0.3) is 0 Å². The number of ether oxygens (including phenoxy) is 1. The van der Waals surface area contributed by atoms with Crippen LogP contribution in [0.3, 0.4) is 0 Å². The summed E-state index contributed by atoms with van der Waals surface area (Å²) in [5, 5.41) is 4.93. The number of likely N-dealkylation sites (N-methyl/N-ethyl adjacent to an activating group) is 1. The highest BCUT2D eigenvalue weighted by atomic mass is 19.4. The number of carbonyl (C=O) groups is 2. The maximum atomic E-state index is 13.1. The smallest absolute Gasteiger partial charge is 0.418 e. The Morgan fingerprint density at radius 1 is 1.00 bits per heavy atom. The number of amides is 2. The largest absolute Gasteiger partial charge is 0.435 e. The third kappa shape index (κ3) is 9.05. The van der Waals surface area contributed by atoms with E-state index in [-0.39, 0.29) is 37.0 Å². The number of nitrogens with one attached hydrogen (secondary N) is 2. The Kier molecular flexibility index (Phi) is 9.58. The van der Waals surface area contributed by atoms with Crippen molar-refractivity contribution in [3.63, 3.8) is 0 Å². The molecule has 0 aliphatic rings. The molecule has 6 nitrogen and oxygen atoms in total. The SMILES string of the molecule is CCN(CC(=O)NCCc1ccc(OC(F)F)cc1)CC(=O)Nc1ccccc1C(F)(F)F. The Balaban J connectivity index is 1.80. The highest BCUT2D eigenvalue weighted by molar-refractivity contribution is 5.93. The van der Waals surface area contributed by atoms with Crippen LogP contribution >= 0.6 is 0 Å². The lowest BCUT2D eigenvalue weighted by atomic mass is 10.1. The fourth-order valence-corrected chi connectivity index (χ4v) is 2.95. The zero-order valence-electron chi connectivity index (χ0n) is 17.8. The summed E-state index contributed by atoms with van der Waals surface area (Å²) in [6.45, 7) is -0.969. The second-order valence-corrected chi connectivity index (χ2v) is 7.02. The molecule has 2 aromatic carbocycles. The Morgan fingerprint density at radius 2 is 1.64 bits per heavy atom. The molecule has 2 aromatic rings. The van der Waals surface area contributed by atoms with Crippen molar-refractivity contribution in [2.45, 2.75) is 26.1 Å². The monoisotopic (exact) mass is 473 g/mol. The van der Waals surface area contributed by atoms with E-state index in [1.54, 1.807) is 19.1 Å². The summed E-state index contributed by atoms with van der Waals surface area (Å²) >= 11 is 0. The molecule has 11 heteroatoms. The lowest BCUT2D eigenvalue weighted by Gasteiger charge is -2.20. The van der Waals surface area contributed by atoms with Gasteiger partial charge in [-0.2, -0.15) is 22.0 Å². The number of anilines is 1. The molecule has 0 saturated carbocycles. The fourth-order valence-electron chi connectivity index (χ4n) is 2.95. The van der Waals surface area contributed by atoms with Gasteiger partial charge in [-0.3, -0.25) is 14.5 Å². The van der Waals surface area contributed by atoms with Gasteiger partial charge in [0.2, 0.25) is 11.8 Å². The molecule has 0 radical (unpaired) electrons. The summed E-state index contributed by atoms with van der Waals surface area (Å²) in [5.74, 6) is -1.00. The maximum absolute atomic E-state index is 13.1. The van der Waals surface area contributed by atoms with Crippen molar-refractivity contribution in [2.24, 2.45) is 0 Å². The third-order valence-corrected chi connectivity index (χ3v) is 4.57. The summed E-state index contributed by atoms with van der Waals surface area (Å²) in [7, 11) is 0. The van der Waals surface area contributed by atoms with Crippen molar-refractivity contribution in [3.05, 3.63) is 59.7 Å². The zero-order chi connectivity index (χ0) is 24.4. The number of benzene rings is 2. The maximum Gasteiger partial charge on any atom is 0.418 e. The first-order chi connectivity index (χ1) is 15.6. The van der Waals surface area contributed by atoms with Gasteiger partial charge in [0.25, 0.3) is 0 Å². The minimum atomic E-state index is -4.61. The summed E-state index contributed by atoms with van der Waals surface area (Å²) in [5.41, 5.74) is -0.500. The van der Waals surface area contributed by atoms with Crippen LogP contribution in [0, 0.1) is 0 Å². The lowest BCUT2D eigenvalue weighted by Crippen LogP contribution is -2.41. The van der Waals surface area contributed by atoms with E-state index < -0.39 is 24.3 Å². The van der Waals surface area contributed by atoms with Crippen LogP contribution in [0.4, 0.5) is 27.6 Å². The Labute approximate surface area is 187 Å². The number of alkyl halides is 5. The van der Waals surface area contributed by atoms with Gasteiger partial charge in [-0.05, 0) is 42.8 Å². The van der Waals surface area contributed by atoms with Crippen molar-refractivity contribution >= 4 is 17.5 Å². The molecular formula is C22H24F5N3O3. The van der Waals surface area contributed by atoms with Crippen LogP contribution in [0.2, 0.25) is 0 Å². The molecule has 0 aliphatic heterocycles. The van der Waals surface area contributed by atoms with E-state index in [0.717, 1.165) is 17.7 Å². The topological polar surface area (TPSA) is 70.7 Å². The van der Waals surface area contributed by atoms with Gasteiger partial charge in [-0.1, -0.05) is 31.2 Å². The predicted octanol–water partition coefficient (Wildman–Crippen LogP) is 3.93. The van der Waals surface area contributed by atoms with E-state index in [1.165, 1.54) is 29.2 Å². The molecule has 0 atom stereocenters. The molecular weight excluding hydrogens is 449 g/mol. The molecule has 180 valence electrons. The number of carbonyl (C=O) groups excluding carboxylic acids is 2. The molecule has 0 saturated heterocycles. The van der Waals surface area contributed by atoms with Gasteiger partial charge in [0.1, 0.15) is 5.75 Å². The lowest BCUT2D eigenvalue weighted by molar-refractivity contribution is -0.137. The first kappa shape index (κ1) is 26.0. The second kappa shape index (κ2) is 12.1. The highest BCUT2D eigenvalue weighted by Crippen LogP contribution is 2.34. The van der Waals surface area contributed by atoms with Gasteiger partial charge in [-0.15, -0.1) is 0 Å². The normalized spacial score (nSPS) is 11.5. The molecule has 0 unspecified atom stereocenters. The quantitative estimate of drug-likeness (QED) is 0.486. The zero-order valence-corrected chi connectivity index (χ0v) is 17.8. The molecule has 0 aromatic heterocycles. The number of hydrogen-bond donors (Lipinski definition) is 2. The average Bonchev–Trinajstić information content (AvgIpc) is 2.73. The van der Waals surface area contributed by atoms with Gasteiger partial charge < -0.3 is 15.4 Å². The predicted molar refractivity (Wildman–Crippen MR) is 112 cm³/mol. The van der Waals surface area contributed by atoms with Crippen LogP contribution in [-0.2, 0) is 22.2 Å². The molecule has 2 N–H and O–H groups in total. The van der Waals surface area contributed by atoms with Crippen LogP contribution in [0.1, 0.15) is 18.1 Å². The van der Waals surface area contributed by atoms with Crippen LogP contribution in [0.5, 0.6) is 5.75 Å². The summed E-state index contributed by atoms with van der Waals surface area (Å²) in [6, 6.07) is 10.7. The van der Waals surface area contributed by atoms with Crippen LogP contribution < -0.4 is 15.4 Å². The molecule has 0 spiro atoms. The number of nitrogens with zero attached hydrogens (tertiary/aromatic N) is 1. The fraction of sp³-hybridized carbons (Fsp3) is 0.364. The standard InChI is InChI=1S/C22H24F5N3O3/c1-2-30(14-20(32)29-18-6-4-3-5-17(18)22(25,26)27)13-19(31)28-12-11-15-7-9-16(10-8-15)33-21(23)24/h3-10,21H,2,11-14H2,1H3,(H,28,31)(H,29,32). The van der Waals surface area contributed by atoms with Gasteiger partial charge in [0.05, 0.1) is 24.3 Å². The van der Waals surface area contributed by atoms with Gasteiger partial charge in [-0.25, -0.2) is 0 Å². The Bertz CT molecular complexity index is 920. The van der Waals surface area contributed by atoms with E-state index in [9.17, 15) is 31.5 Å². The van der Waals surface area contributed by atoms with E-state index in [2.05, 4.69) is 15.4 Å². The molecule has 0 fully saturated rings. The highest BCUT2D eigenvalue weighted by Gasteiger charge is 2.33. The summed E-state index contributed by atoms with van der Waals surface area (Å²) in [6.07, 6.45) is -4.16. The van der Waals surface area contributed by atoms with Crippen LogP contribution in [0.15, 0.2) is 48.5 Å². The molecule has 33 heavy (non-hydrogen) atoms. The Hall–Kier alpha value is -3.21. The third-order valence-electron chi connectivity index (χ3n) is 4.57. The van der Waals surface area contributed by atoms with E-state index >= 15 is 0 Å². The molecule has 0 aliphatic carbocycles. The van der Waals surface area contributed by atoms with E-state index in [0.29, 0.717) is 13.0 Å². The van der Waals surface area contributed by atoms with Gasteiger partial charge in [0, 0.05) is 6.54 Å². The Morgan fingerprint density at radius 3 is 2.24 bits per heavy atom. The molecule has 0 bridgehead atoms. The minimum absolute atomic E-state index is 0.0347. The van der Waals surface area contributed by atoms with Gasteiger partial charge in [0.15, 0.2) is 0 Å². The van der Waals surface area contributed by atoms with Crippen molar-refractivity contribution in [1.29, 1.82) is 0 Å².